The fraction of sp³-hybridized carbons (Fsp3) is 0.278. The molecule has 4 rings (SSSR count). The molecule has 8 heteroatoms. The molecule has 0 aliphatic carbocycles. The minimum Gasteiger partial charge on any atom is -0.489 e. The number of halogens is 1. The molecular weight excluding hydrogens is 376 g/mol. The molecule has 0 bridgehead atoms. The number of aromatic nitrogens is 2. The second-order valence-electron chi connectivity index (χ2n) is 6.20. The first-order chi connectivity index (χ1) is 12.4. The summed E-state index contributed by atoms with van der Waals surface area (Å²) in [5, 5.41) is 0.478. The predicted molar refractivity (Wildman–Crippen MR) is 99.0 cm³/mol. The SMILES string of the molecule is CS(=O)(=O)c1nc2ccccc2n1Cc1cc(Cl)c2c(c1)OCCCO2. The number of sulfone groups is 1. The normalized spacial score (nSPS) is 14.4. The van der Waals surface area contributed by atoms with Gasteiger partial charge in [0.15, 0.2) is 11.5 Å². The van der Waals surface area contributed by atoms with Gasteiger partial charge in [-0.3, -0.25) is 0 Å². The van der Waals surface area contributed by atoms with Crippen LogP contribution in [0.2, 0.25) is 5.02 Å². The number of hydrogen-bond acceptors (Lipinski definition) is 5. The van der Waals surface area contributed by atoms with Crippen LogP contribution in [0.15, 0.2) is 41.6 Å². The van der Waals surface area contributed by atoms with Crippen molar-refractivity contribution >= 4 is 32.5 Å². The van der Waals surface area contributed by atoms with Crippen molar-refractivity contribution in [2.45, 2.75) is 18.1 Å². The van der Waals surface area contributed by atoms with E-state index in [9.17, 15) is 8.42 Å². The molecule has 2 aromatic carbocycles. The maximum atomic E-state index is 12.2. The molecule has 0 atom stereocenters. The van der Waals surface area contributed by atoms with E-state index in [0.717, 1.165) is 23.8 Å². The summed E-state index contributed by atoms with van der Waals surface area (Å²) >= 11 is 6.36. The van der Waals surface area contributed by atoms with Crippen LogP contribution in [0.5, 0.6) is 11.5 Å². The fourth-order valence-electron chi connectivity index (χ4n) is 3.05. The Morgan fingerprint density at radius 1 is 1.19 bits per heavy atom. The van der Waals surface area contributed by atoms with Gasteiger partial charge in [0.05, 0.1) is 35.8 Å². The lowest BCUT2D eigenvalue weighted by Gasteiger charge is -2.13. The highest BCUT2D eigenvalue weighted by atomic mass is 35.5. The first kappa shape index (κ1) is 17.2. The van der Waals surface area contributed by atoms with E-state index in [2.05, 4.69) is 4.98 Å². The minimum atomic E-state index is -3.49. The third-order valence-corrected chi connectivity index (χ3v) is 5.41. The highest BCUT2D eigenvalue weighted by molar-refractivity contribution is 7.90. The molecule has 6 nitrogen and oxygen atoms in total. The summed E-state index contributed by atoms with van der Waals surface area (Å²) in [6.45, 7) is 1.41. The molecule has 0 amide bonds. The Bertz CT molecular complexity index is 1090. The molecule has 2 heterocycles. The zero-order valence-corrected chi connectivity index (χ0v) is 15.7. The molecule has 1 aromatic heterocycles. The average Bonchev–Trinajstić information content (AvgIpc) is 2.79. The summed E-state index contributed by atoms with van der Waals surface area (Å²) in [6.07, 6.45) is 1.94. The fourth-order valence-corrected chi connectivity index (χ4v) is 4.16. The largest absolute Gasteiger partial charge is 0.489 e. The molecule has 0 radical (unpaired) electrons. The van der Waals surface area contributed by atoms with Crippen LogP contribution in [0, 0.1) is 0 Å². The summed E-state index contributed by atoms with van der Waals surface area (Å²) in [4.78, 5) is 4.29. The first-order valence-electron chi connectivity index (χ1n) is 8.17. The third-order valence-electron chi connectivity index (χ3n) is 4.15. The second kappa shape index (κ2) is 6.48. The van der Waals surface area contributed by atoms with Gasteiger partial charge in [0, 0.05) is 12.7 Å². The van der Waals surface area contributed by atoms with Crippen LogP contribution < -0.4 is 9.47 Å². The van der Waals surface area contributed by atoms with Crippen molar-refractivity contribution in [1.29, 1.82) is 0 Å². The number of hydrogen-bond donors (Lipinski definition) is 0. The van der Waals surface area contributed by atoms with Gasteiger partial charge in [0.2, 0.25) is 15.0 Å². The lowest BCUT2D eigenvalue weighted by Crippen LogP contribution is -2.10. The summed E-state index contributed by atoms with van der Waals surface area (Å²) in [5.74, 6) is 1.11. The van der Waals surface area contributed by atoms with Crippen LogP contribution in [-0.4, -0.2) is 37.4 Å². The zero-order valence-electron chi connectivity index (χ0n) is 14.1. The van der Waals surface area contributed by atoms with Crippen molar-refractivity contribution in [2.75, 3.05) is 19.5 Å². The maximum Gasteiger partial charge on any atom is 0.228 e. The van der Waals surface area contributed by atoms with Crippen LogP contribution in [0.4, 0.5) is 0 Å². The molecule has 0 N–H and O–H groups in total. The molecule has 3 aromatic rings. The smallest absolute Gasteiger partial charge is 0.228 e. The molecule has 1 aliphatic rings. The van der Waals surface area contributed by atoms with Gasteiger partial charge in [-0.2, -0.15) is 0 Å². The van der Waals surface area contributed by atoms with E-state index in [1.54, 1.807) is 16.7 Å². The Morgan fingerprint density at radius 3 is 2.77 bits per heavy atom. The topological polar surface area (TPSA) is 70.4 Å². The summed E-state index contributed by atoms with van der Waals surface area (Å²) in [5.41, 5.74) is 2.19. The first-order valence-corrected chi connectivity index (χ1v) is 10.4. The minimum absolute atomic E-state index is 0.0296. The van der Waals surface area contributed by atoms with Crippen LogP contribution in [0.3, 0.4) is 0 Å². The number of benzene rings is 2. The van der Waals surface area contributed by atoms with Crippen LogP contribution in [0.1, 0.15) is 12.0 Å². The quantitative estimate of drug-likeness (QED) is 0.684. The number of nitrogens with zero attached hydrogens (tertiary/aromatic N) is 2. The lowest BCUT2D eigenvalue weighted by molar-refractivity contribution is 0.297. The number of ether oxygens (including phenoxy) is 2. The van der Waals surface area contributed by atoms with E-state index in [-0.39, 0.29) is 5.16 Å². The van der Waals surface area contributed by atoms with Gasteiger partial charge in [0.25, 0.3) is 0 Å². The van der Waals surface area contributed by atoms with Gasteiger partial charge in [-0.1, -0.05) is 23.7 Å². The Morgan fingerprint density at radius 2 is 1.96 bits per heavy atom. The van der Waals surface area contributed by atoms with Gasteiger partial charge in [-0.25, -0.2) is 13.4 Å². The number of imidazole rings is 1. The van der Waals surface area contributed by atoms with Crippen molar-refractivity contribution in [2.24, 2.45) is 0 Å². The number of rotatable bonds is 3. The second-order valence-corrected chi connectivity index (χ2v) is 8.51. The molecule has 1 aliphatic heterocycles. The number of fused-ring (bicyclic) bond motifs is 2. The Labute approximate surface area is 156 Å². The van der Waals surface area contributed by atoms with E-state index >= 15 is 0 Å². The monoisotopic (exact) mass is 392 g/mol. The van der Waals surface area contributed by atoms with Gasteiger partial charge < -0.3 is 14.0 Å². The van der Waals surface area contributed by atoms with Crippen LogP contribution in [0.25, 0.3) is 11.0 Å². The van der Waals surface area contributed by atoms with Gasteiger partial charge in [-0.15, -0.1) is 0 Å². The Kier molecular flexibility index (Phi) is 4.28. The van der Waals surface area contributed by atoms with E-state index in [0.29, 0.717) is 41.8 Å². The van der Waals surface area contributed by atoms with Gasteiger partial charge in [-0.05, 0) is 29.8 Å². The van der Waals surface area contributed by atoms with E-state index < -0.39 is 9.84 Å². The van der Waals surface area contributed by atoms with E-state index in [4.69, 9.17) is 21.1 Å². The van der Waals surface area contributed by atoms with E-state index in [1.807, 2.05) is 24.3 Å². The lowest BCUT2D eigenvalue weighted by atomic mass is 10.2. The van der Waals surface area contributed by atoms with Crippen LogP contribution >= 0.6 is 11.6 Å². The van der Waals surface area contributed by atoms with Crippen molar-refractivity contribution in [3.05, 3.63) is 47.0 Å². The maximum absolute atomic E-state index is 12.2. The standard InChI is InChI=1S/C18H17ClN2O4S/c1-26(22,23)18-20-14-5-2-3-6-15(14)21(18)11-12-9-13(19)17-16(10-12)24-7-4-8-25-17/h2-3,5-6,9-10H,4,7-8,11H2,1H3. The highest BCUT2D eigenvalue weighted by Gasteiger charge is 2.21. The van der Waals surface area contributed by atoms with Gasteiger partial charge in [0.1, 0.15) is 0 Å². The Hall–Kier alpha value is -2.25. The molecule has 0 unspecified atom stereocenters. The van der Waals surface area contributed by atoms with E-state index in [1.165, 1.54) is 0 Å². The molecule has 136 valence electrons. The molecule has 0 saturated heterocycles. The molecule has 0 spiro atoms. The molecule has 0 fully saturated rings. The summed E-state index contributed by atoms with van der Waals surface area (Å²) in [6, 6.07) is 10.9. The average molecular weight is 393 g/mol. The summed E-state index contributed by atoms with van der Waals surface area (Å²) in [7, 11) is -3.49. The molecular formula is C18H17ClN2O4S. The van der Waals surface area contributed by atoms with Crippen molar-refractivity contribution in [1.82, 2.24) is 9.55 Å². The molecule has 26 heavy (non-hydrogen) atoms. The summed E-state index contributed by atoms with van der Waals surface area (Å²) < 4.78 is 37.5. The Balaban J connectivity index is 1.83. The zero-order chi connectivity index (χ0) is 18.3. The highest BCUT2D eigenvalue weighted by Crippen LogP contribution is 2.38. The van der Waals surface area contributed by atoms with Crippen molar-refractivity contribution in [3.8, 4) is 11.5 Å². The van der Waals surface area contributed by atoms with Crippen molar-refractivity contribution < 1.29 is 17.9 Å². The van der Waals surface area contributed by atoms with Crippen LogP contribution in [-0.2, 0) is 16.4 Å². The van der Waals surface area contributed by atoms with Gasteiger partial charge >= 0.3 is 0 Å². The molecule has 0 saturated carbocycles. The predicted octanol–water partition coefficient (Wildman–Crippen LogP) is 3.30. The number of para-hydroxylation sites is 2. The van der Waals surface area contributed by atoms with Crippen molar-refractivity contribution in [3.63, 3.8) is 0 Å². The third kappa shape index (κ3) is 3.12.